The van der Waals surface area contributed by atoms with Gasteiger partial charge in [0, 0.05) is 38.5 Å². The smallest absolute Gasteiger partial charge is 0.326 e. The highest BCUT2D eigenvalue weighted by Crippen LogP contribution is 2.26. The van der Waals surface area contributed by atoms with Gasteiger partial charge in [-0.3, -0.25) is 4.79 Å². The highest BCUT2D eigenvalue weighted by atomic mass is 19.1. The number of nitrogens with one attached hydrogen (secondary N) is 2. The zero-order chi connectivity index (χ0) is 28.4. The molecule has 10 heteroatoms. The number of aryl methyl sites for hydroxylation is 2. The van der Waals surface area contributed by atoms with Crippen molar-refractivity contribution in [1.82, 2.24) is 15.2 Å². The average Bonchev–Trinajstić information content (AvgIpc) is 2.90. The molecule has 2 heterocycles. The van der Waals surface area contributed by atoms with Crippen LogP contribution in [-0.4, -0.2) is 72.8 Å². The highest BCUT2D eigenvalue weighted by Gasteiger charge is 2.34. The van der Waals surface area contributed by atoms with E-state index in [0.29, 0.717) is 19.7 Å². The van der Waals surface area contributed by atoms with Gasteiger partial charge in [-0.05, 0) is 88.2 Å². The Hall–Kier alpha value is -3.11. The van der Waals surface area contributed by atoms with Crippen LogP contribution in [0.15, 0.2) is 30.3 Å². The molecule has 0 aliphatic carbocycles. The van der Waals surface area contributed by atoms with Gasteiger partial charge < -0.3 is 25.4 Å². The van der Waals surface area contributed by atoms with Crippen molar-refractivity contribution < 1.29 is 28.2 Å². The van der Waals surface area contributed by atoms with Crippen LogP contribution in [0.2, 0.25) is 0 Å². The number of fused-ring (bicyclic) bond motifs is 1. The summed E-state index contributed by atoms with van der Waals surface area (Å²) in [6.07, 6.45) is 5.06. The molecule has 1 aromatic carbocycles. The largest absolute Gasteiger partial charge is 0.480 e. The van der Waals surface area contributed by atoms with Crippen LogP contribution in [0.3, 0.4) is 0 Å². The van der Waals surface area contributed by atoms with E-state index in [1.165, 1.54) is 19.4 Å². The summed E-state index contributed by atoms with van der Waals surface area (Å²) < 4.78 is 32.7. The first-order valence-electron chi connectivity index (χ1n) is 13.5. The Balaban J connectivity index is 1.53. The second-order valence-corrected chi connectivity index (χ2v) is 10.6. The maximum Gasteiger partial charge on any atom is 0.326 e. The van der Waals surface area contributed by atoms with E-state index in [2.05, 4.69) is 27.7 Å². The van der Waals surface area contributed by atoms with Gasteiger partial charge in [-0.15, -0.1) is 0 Å². The Labute approximate surface area is 229 Å². The first-order chi connectivity index (χ1) is 18.6. The minimum Gasteiger partial charge on any atom is -0.480 e. The molecule has 0 saturated heterocycles. The lowest BCUT2D eigenvalue weighted by atomic mass is 9.83. The zero-order valence-electron chi connectivity index (χ0n) is 23.1. The fraction of sp³-hybridized carbons (Fsp3) is 0.552. The highest BCUT2D eigenvalue weighted by molar-refractivity contribution is 5.90. The third-order valence-corrected chi connectivity index (χ3v) is 7.21. The number of aliphatic carboxylic acids is 1. The number of carboxylic acid groups (broad SMARTS) is 1. The second kappa shape index (κ2) is 14.3. The van der Waals surface area contributed by atoms with Crippen molar-refractivity contribution in [3.8, 4) is 0 Å². The number of pyridine rings is 1. The Bertz CT molecular complexity index is 1110. The minimum atomic E-state index is -1.33. The van der Waals surface area contributed by atoms with Crippen LogP contribution < -0.4 is 10.6 Å². The Kier molecular flexibility index (Phi) is 11.2. The lowest BCUT2D eigenvalue weighted by molar-refractivity contribution is -0.142. The SMILES string of the molecule is COCCN(CCCCc1ccc2c(n1)NCCC2)CCC(NC(=O)C(C)(C)c1cc(F)cc(F)c1)C(=O)O. The molecule has 214 valence electrons. The number of ether oxygens (including phenoxy) is 1. The predicted octanol–water partition coefficient (Wildman–Crippen LogP) is 3.93. The number of hydrogen-bond donors (Lipinski definition) is 3. The fourth-order valence-electron chi connectivity index (χ4n) is 4.66. The summed E-state index contributed by atoms with van der Waals surface area (Å²) in [5.41, 5.74) is 1.13. The standard InChI is InChI=1S/C29H40F2N4O4/c1-29(2,21-17-22(30)19-23(31)18-21)28(38)34-25(27(36)37)11-14-35(15-16-39-3)13-5-4-8-24-10-9-20-7-6-12-32-26(20)33-24/h9-10,17-19,25H,4-8,11-16H2,1-3H3,(H,32,33)(H,34,38)(H,36,37). The van der Waals surface area contributed by atoms with Gasteiger partial charge in [0.1, 0.15) is 23.5 Å². The van der Waals surface area contributed by atoms with E-state index < -0.39 is 35.0 Å². The number of amides is 1. The molecule has 1 unspecified atom stereocenters. The number of unbranched alkanes of at least 4 members (excludes halogenated alkanes) is 1. The first kappa shape index (κ1) is 30.4. The van der Waals surface area contributed by atoms with Gasteiger partial charge in [0.05, 0.1) is 12.0 Å². The van der Waals surface area contributed by atoms with Crippen molar-refractivity contribution in [3.05, 3.63) is 58.8 Å². The van der Waals surface area contributed by atoms with Crippen LogP contribution in [0.5, 0.6) is 0 Å². The molecule has 3 N–H and O–H groups in total. The molecule has 0 spiro atoms. The molecule has 0 fully saturated rings. The number of hydrogen-bond acceptors (Lipinski definition) is 6. The number of rotatable bonds is 15. The summed E-state index contributed by atoms with van der Waals surface area (Å²) in [6, 6.07) is 6.00. The Morgan fingerprint density at radius 1 is 1.15 bits per heavy atom. The number of carbonyl (C=O) groups is 2. The van der Waals surface area contributed by atoms with Gasteiger partial charge in [-0.1, -0.05) is 6.07 Å². The van der Waals surface area contributed by atoms with E-state index in [1.54, 1.807) is 7.11 Å². The van der Waals surface area contributed by atoms with Gasteiger partial charge >= 0.3 is 5.97 Å². The second-order valence-electron chi connectivity index (χ2n) is 10.6. The predicted molar refractivity (Wildman–Crippen MR) is 146 cm³/mol. The van der Waals surface area contributed by atoms with Gasteiger partial charge in [-0.25, -0.2) is 18.6 Å². The number of halogens is 2. The fourth-order valence-corrected chi connectivity index (χ4v) is 4.66. The van der Waals surface area contributed by atoms with E-state index in [4.69, 9.17) is 9.72 Å². The van der Waals surface area contributed by atoms with Crippen molar-refractivity contribution in [2.45, 2.75) is 63.8 Å². The van der Waals surface area contributed by atoms with E-state index in [0.717, 1.165) is 74.9 Å². The van der Waals surface area contributed by atoms with Crippen LogP contribution >= 0.6 is 0 Å². The molecular weight excluding hydrogens is 506 g/mol. The van der Waals surface area contributed by atoms with Crippen molar-refractivity contribution in [2.24, 2.45) is 0 Å². The number of carbonyl (C=O) groups excluding carboxylic acids is 1. The molecule has 1 aromatic heterocycles. The molecule has 0 saturated carbocycles. The number of methoxy groups -OCH3 is 1. The molecule has 2 aromatic rings. The topological polar surface area (TPSA) is 104 Å². The van der Waals surface area contributed by atoms with Crippen LogP contribution in [0.25, 0.3) is 0 Å². The first-order valence-corrected chi connectivity index (χ1v) is 13.5. The van der Waals surface area contributed by atoms with Gasteiger partial charge in [0.2, 0.25) is 5.91 Å². The number of anilines is 1. The number of benzene rings is 1. The molecule has 8 nitrogen and oxygen atoms in total. The summed E-state index contributed by atoms with van der Waals surface area (Å²) in [5, 5.41) is 15.7. The maximum atomic E-state index is 13.7. The molecule has 3 rings (SSSR count). The molecule has 1 aliphatic rings. The zero-order valence-corrected chi connectivity index (χ0v) is 23.1. The van der Waals surface area contributed by atoms with Gasteiger partial charge in [0.25, 0.3) is 0 Å². The number of nitrogens with zero attached hydrogens (tertiary/aromatic N) is 2. The lowest BCUT2D eigenvalue weighted by Crippen LogP contribution is -2.49. The van der Waals surface area contributed by atoms with Crippen molar-refractivity contribution in [2.75, 3.05) is 45.2 Å². The third kappa shape index (κ3) is 8.96. The van der Waals surface area contributed by atoms with Crippen molar-refractivity contribution in [3.63, 3.8) is 0 Å². The normalized spacial score (nSPS) is 14.0. The molecule has 39 heavy (non-hydrogen) atoms. The van der Waals surface area contributed by atoms with Gasteiger partial charge in [-0.2, -0.15) is 0 Å². The summed E-state index contributed by atoms with van der Waals surface area (Å²) in [6.45, 7) is 6.29. The summed E-state index contributed by atoms with van der Waals surface area (Å²) in [5.74, 6) is -2.38. The Morgan fingerprint density at radius 3 is 2.59 bits per heavy atom. The van der Waals surface area contributed by atoms with E-state index in [-0.39, 0.29) is 12.0 Å². The van der Waals surface area contributed by atoms with Crippen molar-refractivity contribution >= 4 is 17.7 Å². The summed E-state index contributed by atoms with van der Waals surface area (Å²) in [7, 11) is 1.62. The quantitative estimate of drug-likeness (QED) is 0.291. The summed E-state index contributed by atoms with van der Waals surface area (Å²) >= 11 is 0. The third-order valence-electron chi connectivity index (χ3n) is 7.21. The average molecular weight is 547 g/mol. The molecule has 0 radical (unpaired) electrons. The number of carboxylic acids is 1. The molecule has 1 atom stereocenters. The molecule has 1 aliphatic heterocycles. The lowest BCUT2D eigenvalue weighted by Gasteiger charge is -2.28. The minimum absolute atomic E-state index is 0.132. The van der Waals surface area contributed by atoms with E-state index in [9.17, 15) is 23.5 Å². The van der Waals surface area contributed by atoms with Crippen molar-refractivity contribution in [1.29, 1.82) is 0 Å². The van der Waals surface area contributed by atoms with E-state index >= 15 is 0 Å². The number of aromatic nitrogens is 1. The molecule has 0 bridgehead atoms. The molecule has 1 amide bonds. The monoisotopic (exact) mass is 546 g/mol. The van der Waals surface area contributed by atoms with Crippen LogP contribution in [0, 0.1) is 11.6 Å². The molecular formula is C29H40F2N4O4. The van der Waals surface area contributed by atoms with E-state index in [1.807, 2.05) is 0 Å². The Morgan fingerprint density at radius 2 is 1.90 bits per heavy atom. The van der Waals surface area contributed by atoms with Crippen LogP contribution in [-0.2, 0) is 32.6 Å². The van der Waals surface area contributed by atoms with Gasteiger partial charge in [0.15, 0.2) is 0 Å². The van der Waals surface area contributed by atoms with Crippen LogP contribution in [0.4, 0.5) is 14.6 Å². The summed E-state index contributed by atoms with van der Waals surface area (Å²) in [4.78, 5) is 31.8. The van der Waals surface area contributed by atoms with Crippen LogP contribution in [0.1, 0.15) is 56.4 Å². The maximum absolute atomic E-state index is 13.7.